The van der Waals surface area contributed by atoms with Gasteiger partial charge in [0.25, 0.3) is 0 Å². The van der Waals surface area contributed by atoms with Crippen molar-refractivity contribution in [1.29, 1.82) is 0 Å². The second-order valence-electron chi connectivity index (χ2n) is 3.81. The Bertz CT molecular complexity index is 245. The van der Waals surface area contributed by atoms with E-state index in [1.54, 1.807) is 6.92 Å². The summed E-state index contributed by atoms with van der Waals surface area (Å²) in [6.07, 6.45) is 1.71. The molecule has 1 heterocycles. The maximum absolute atomic E-state index is 11.3. The van der Waals surface area contributed by atoms with Crippen molar-refractivity contribution in [1.82, 2.24) is 0 Å². The summed E-state index contributed by atoms with van der Waals surface area (Å²) < 4.78 is 10.5. The molecule has 1 atom stereocenters. The number of carbonyl (C=O) groups excluding carboxylic acids is 1. The minimum absolute atomic E-state index is 0.208. The largest absolute Gasteiger partial charge is 0.481 e. The zero-order valence-corrected chi connectivity index (χ0v) is 9.48. The van der Waals surface area contributed by atoms with Gasteiger partial charge in [0.2, 0.25) is 0 Å². The molecular weight excluding hydrogens is 212 g/mol. The van der Waals surface area contributed by atoms with Crippen LogP contribution in [0.4, 0.5) is 0 Å². The fourth-order valence-electron chi connectivity index (χ4n) is 1.73. The molecule has 0 radical (unpaired) electrons. The van der Waals surface area contributed by atoms with E-state index in [9.17, 15) is 9.59 Å². The van der Waals surface area contributed by atoms with Gasteiger partial charge in [-0.15, -0.1) is 0 Å². The fraction of sp³-hybridized carbons (Fsp3) is 0.818. The molecule has 1 rings (SSSR count). The van der Waals surface area contributed by atoms with Gasteiger partial charge in [-0.1, -0.05) is 6.92 Å². The molecule has 16 heavy (non-hydrogen) atoms. The fourth-order valence-corrected chi connectivity index (χ4v) is 1.73. The van der Waals surface area contributed by atoms with Crippen LogP contribution in [-0.2, 0) is 19.1 Å². The number of Topliss-reactive ketones (excluding diaryl/α,β-unsaturated/α-hetero) is 1. The van der Waals surface area contributed by atoms with Crippen LogP contribution < -0.4 is 0 Å². The van der Waals surface area contributed by atoms with E-state index in [2.05, 4.69) is 0 Å². The Hall–Kier alpha value is -0.940. The summed E-state index contributed by atoms with van der Waals surface area (Å²) in [7, 11) is 0. The van der Waals surface area contributed by atoms with E-state index in [1.165, 1.54) is 0 Å². The Kier molecular flexibility index (Phi) is 5.42. The third-order valence-corrected chi connectivity index (χ3v) is 2.66. The second kappa shape index (κ2) is 6.60. The standard InChI is InChI=1S/C11H18O5/c1-2-9(12)8(11(13)14)4-3-5-10-15-6-7-16-10/h8,10H,2-7H2,1H3,(H,13,14). The van der Waals surface area contributed by atoms with Gasteiger partial charge >= 0.3 is 5.97 Å². The van der Waals surface area contributed by atoms with Crippen LogP contribution >= 0.6 is 0 Å². The summed E-state index contributed by atoms with van der Waals surface area (Å²) in [6.45, 7) is 2.88. The molecular formula is C11H18O5. The molecule has 0 bridgehead atoms. The van der Waals surface area contributed by atoms with Gasteiger partial charge in [0.15, 0.2) is 6.29 Å². The number of aliphatic carboxylic acids is 1. The van der Waals surface area contributed by atoms with E-state index in [0.717, 1.165) is 0 Å². The number of hydrogen-bond donors (Lipinski definition) is 1. The zero-order valence-electron chi connectivity index (χ0n) is 9.48. The lowest BCUT2D eigenvalue weighted by atomic mass is 9.96. The summed E-state index contributed by atoms with van der Waals surface area (Å²) in [5, 5.41) is 8.88. The minimum Gasteiger partial charge on any atom is -0.481 e. The van der Waals surface area contributed by atoms with Crippen molar-refractivity contribution in [2.75, 3.05) is 13.2 Å². The molecule has 1 aliphatic rings. The van der Waals surface area contributed by atoms with Crippen molar-refractivity contribution in [2.45, 2.75) is 38.9 Å². The SMILES string of the molecule is CCC(=O)C(CCCC1OCCO1)C(=O)O. The van der Waals surface area contributed by atoms with Gasteiger partial charge in [-0.05, 0) is 19.3 Å². The first-order valence-corrected chi connectivity index (χ1v) is 5.64. The minimum atomic E-state index is -1.03. The van der Waals surface area contributed by atoms with Crippen LogP contribution in [0.1, 0.15) is 32.6 Å². The van der Waals surface area contributed by atoms with E-state index in [4.69, 9.17) is 14.6 Å². The average molecular weight is 230 g/mol. The topological polar surface area (TPSA) is 72.8 Å². The van der Waals surface area contributed by atoms with E-state index in [-0.39, 0.29) is 18.5 Å². The van der Waals surface area contributed by atoms with Gasteiger partial charge in [-0.2, -0.15) is 0 Å². The molecule has 0 aromatic heterocycles. The first-order valence-electron chi connectivity index (χ1n) is 5.64. The lowest BCUT2D eigenvalue weighted by Gasteiger charge is -2.12. The highest BCUT2D eigenvalue weighted by atomic mass is 16.7. The number of carboxylic acids is 1. The first-order chi connectivity index (χ1) is 7.65. The Morgan fingerprint density at radius 3 is 2.50 bits per heavy atom. The predicted octanol–water partition coefficient (Wildman–Crippen LogP) is 1.21. The second-order valence-corrected chi connectivity index (χ2v) is 3.81. The average Bonchev–Trinajstić information content (AvgIpc) is 2.75. The van der Waals surface area contributed by atoms with Gasteiger partial charge in [0, 0.05) is 6.42 Å². The Morgan fingerprint density at radius 2 is 2.00 bits per heavy atom. The van der Waals surface area contributed by atoms with Crippen molar-refractivity contribution in [2.24, 2.45) is 5.92 Å². The summed E-state index contributed by atoms with van der Waals surface area (Å²) in [5.41, 5.74) is 0. The third-order valence-electron chi connectivity index (χ3n) is 2.66. The van der Waals surface area contributed by atoms with Crippen molar-refractivity contribution >= 4 is 11.8 Å². The maximum Gasteiger partial charge on any atom is 0.314 e. The van der Waals surface area contributed by atoms with Crippen LogP contribution in [0.2, 0.25) is 0 Å². The molecule has 5 nitrogen and oxygen atoms in total. The third kappa shape index (κ3) is 3.90. The van der Waals surface area contributed by atoms with Crippen molar-refractivity contribution < 1.29 is 24.2 Å². The smallest absolute Gasteiger partial charge is 0.314 e. The Balaban J connectivity index is 2.26. The number of hydrogen-bond acceptors (Lipinski definition) is 4. The van der Waals surface area contributed by atoms with Crippen LogP contribution in [0, 0.1) is 5.92 Å². The molecule has 0 aliphatic carbocycles. The lowest BCUT2D eigenvalue weighted by Crippen LogP contribution is -2.23. The van der Waals surface area contributed by atoms with Crippen LogP contribution in [0.5, 0.6) is 0 Å². The summed E-state index contributed by atoms with van der Waals surface area (Å²) in [6, 6.07) is 0. The number of ether oxygens (including phenoxy) is 2. The van der Waals surface area contributed by atoms with Gasteiger partial charge in [0.1, 0.15) is 11.7 Å². The first kappa shape index (κ1) is 13.1. The van der Waals surface area contributed by atoms with Gasteiger partial charge in [-0.25, -0.2) is 0 Å². The van der Waals surface area contributed by atoms with E-state index >= 15 is 0 Å². The number of carboxylic acid groups (broad SMARTS) is 1. The predicted molar refractivity (Wildman–Crippen MR) is 56.0 cm³/mol. The molecule has 0 aromatic rings. The van der Waals surface area contributed by atoms with Gasteiger partial charge < -0.3 is 14.6 Å². The molecule has 1 N–H and O–H groups in total. The van der Waals surface area contributed by atoms with Gasteiger partial charge in [-0.3, -0.25) is 9.59 Å². The molecule has 1 unspecified atom stereocenters. The van der Waals surface area contributed by atoms with E-state index in [0.29, 0.717) is 32.5 Å². The molecule has 0 aromatic carbocycles. The highest BCUT2D eigenvalue weighted by Gasteiger charge is 2.25. The molecule has 1 fully saturated rings. The zero-order chi connectivity index (χ0) is 12.0. The molecule has 5 heteroatoms. The number of carbonyl (C=O) groups is 2. The Labute approximate surface area is 94.7 Å². The normalized spacial score (nSPS) is 18.6. The lowest BCUT2D eigenvalue weighted by molar-refractivity contribution is -0.146. The summed E-state index contributed by atoms with van der Waals surface area (Å²) >= 11 is 0. The van der Waals surface area contributed by atoms with Crippen LogP contribution in [0.3, 0.4) is 0 Å². The van der Waals surface area contributed by atoms with Crippen LogP contribution in [0.25, 0.3) is 0 Å². The van der Waals surface area contributed by atoms with E-state index < -0.39 is 11.9 Å². The highest BCUT2D eigenvalue weighted by molar-refractivity contribution is 5.97. The highest BCUT2D eigenvalue weighted by Crippen LogP contribution is 2.16. The molecule has 0 saturated carbocycles. The Morgan fingerprint density at radius 1 is 1.38 bits per heavy atom. The number of rotatable bonds is 7. The molecule has 0 spiro atoms. The summed E-state index contributed by atoms with van der Waals surface area (Å²) in [5.74, 6) is -2.10. The molecule has 1 aliphatic heterocycles. The number of ketones is 1. The van der Waals surface area contributed by atoms with Gasteiger partial charge in [0.05, 0.1) is 13.2 Å². The molecule has 92 valence electrons. The van der Waals surface area contributed by atoms with Crippen LogP contribution in [0.15, 0.2) is 0 Å². The van der Waals surface area contributed by atoms with Crippen LogP contribution in [-0.4, -0.2) is 36.4 Å². The quantitative estimate of drug-likeness (QED) is 0.665. The van der Waals surface area contributed by atoms with Crippen molar-refractivity contribution in [3.63, 3.8) is 0 Å². The molecule has 0 amide bonds. The van der Waals surface area contributed by atoms with Crippen molar-refractivity contribution in [3.8, 4) is 0 Å². The maximum atomic E-state index is 11.3. The van der Waals surface area contributed by atoms with E-state index in [1.807, 2.05) is 0 Å². The monoisotopic (exact) mass is 230 g/mol. The molecule has 1 saturated heterocycles. The summed E-state index contributed by atoms with van der Waals surface area (Å²) in [4.78, 5) is 22.2. The van der Waals surface area contributed by atoms with Crippen molar-refractivity contribution in [3.05, 3.63) is 0 Å².